The van der Waals surface area contributed by atoms with Crippen molar-refractivity contribution in [2.75, 3.05) is 20.1 Å². The van der Waals surface area contributed by atoms with E-state index < -0.39 is 0 Å². The molecule has 0 bridgehead atoms. The van der Waals surface area contributed by atoms with Crippen LogP contribution in [-0.2, 0) is 4.79 Å². The maximum absolute atomic E-state index is 11.8. The molecule has 2 unspecified atom stereocenters. The molecule has 0 radical (unpaired) electrons. The van der Waals surface area contributed by atoms with Crippen molar-refractivity contribution in [3.05, 3.63) is 0 Å². The smallest absolute Gasteiger partial charge is 0.234 e. The summed E-state index contributed by atoms with van der Waals surface area (Å²) in [6, 6.07) is 0.367. The average Bonchev–Trinajstić information content (AvgIpc) is 2.31. The van der Waals surface area contributed by atoms with Gasteiger partial charge in [-0.25, -0.2) is 0 Å². The number of aliphatic hydroxyl groups excluding tert-OH is 1. The van der Waals surface area contributed by atoms with Crippen molar-refractivity contribution < 1.29 is 9.90 Å². The van der Waals surface area contributed by atoms with Crippen molar-refractivity contribution in [1.82, 2.24) is 10.2 Å². The van der Waals surface area contributed by atoms with Crippen LogP contribution in [0.15, 0.2) is 0 Å². The molecule has 0 spiro atoms. The Hall–Kier alpha value is -0.610. The molecular weight excluding hydrogens is 228 g/mol. The lowest BCUT2D eigenvalue weighted by Gasteiger charge is -2.38. The summed E-state index contributed by atoms with van der Waals surface area (Å²) in [4.78, 5) is 13.8. The quantitative estimate of drug-likeness (QED) is 0.781. The molecule has 0 aromatic rings. The van der Waals surface area contributed by atoms with E-state index in [1.165, 1.54) is 0 Å². The van der Waals surface area contributed by atoms with Gasteiger partial charge in [-0.2, -0.15) is 0 Å². The minimum atomic E-state index is -0.283. The van der Waals surface area contributed by atoms with Gasteiger partial charge in [0.25, 0.3) is 0 Å². The van der Waals surface area contributed by atoms with Crippen LogP contribution >= 0.6 is 0 Å². The molecule has 2 atom stereocenters. The molecule has 0 aliphatic heterocycles. The second kappa shape index (κ2) is 6.53. The average molecular weight is 256 g/mol. The number of amides is 1. The zero-order chi connectivity index (χ0) is 13.8. The molecule has 0 saturated heterocycles. The minimum Gasteiger partial charge on any atom is -0.392 e. The van der Waals surface area contributed by atoms with Crippen molar-refractivity contribution >= 4 is 5.91 Å². The topological polar surface area (TPSA) is 52.6 Å². The molecular formula is C14H28N2O2. The van der Waals surface area contributed by atoms with E-state index >= 15 is 0 Å². The first-order chi connectivity index (χ1) is 8.35. The SMILES string of the molecule is CC(C)N(C)CC(=O)NCC1(C)CCCCC1O. The van der Waals surface area contributed by atoms with Gasteiger partial charge in [-0.05, 0) is 33.7 Å². The van der Waals surface area contributed by atoms with Crippen molar-refractivity contribution in [3.63, 3.8) is 0 Å². The number of hydrogen-bond donors (Lipinski definition) is 2. The van der Waals surface area contributed by atoms with Gasteiger partial charge >= 0.3 is 0 Å². The highest BCUT2D eigenvalue weighted by Gasteiger charge is 2.35. The molecule has 0 aromatic heterocycles. The molecule has 0 heterocycles. The zero-order valence-electron chi connectivity index (χ0n) is 12.2. The van der Waals surface area contributed by atoms with Crippen molar-refractivity contribution in [3.8, 4) is 0 Å². The Balaban J connectivity index is 2.37. The van der Waals surface area contributed by atoms with E-state index in [4.69, 9.17) is 0 Å². The van der Waals surface area contributed by atoms with E-state index in [1.807, 2.05) is 11.9 Å². The van der Waals surface area contributed by atoms with Crippen molar-refractivity contribution in [2.45, 2.75) is 58.6 Å². The second-order valence-corrected chi connectivity index (χ2v) is 6.20. The Morgan fingerprint density at radius 1 is 1.50 bits per heavy atom. The first-order valence-corrected chi connectivity index (χ1v) is 7.00. The Labute approximate surface area is 111 Å². The Kier molecular flexibility index (Phi) is 5.60. The third-order valence-corrected chi connectivity index (χ3v) is 4.24. The lowest BCUT2D eigenvalue weighted by Crippen LogP contribution is -2.47. The van der Waals surface area contributed by atoms with E-state index in [-0.39, 0.29) is 17.4 Å². The number of rotatable bonds is 5. The van der Waals surface area contributed by atoms with Crippen molar-refractivity contribution in [1.29, 1.82) is 0 Å². The number of likely N-dealkylation sites (N-methyl/N-ethyl adjacent to an activating group) is 1. The van der Waals surface area contributed by atoms with Crippen molar-refractivity contribution in [2.24, 2.45) is 5.41 Å². The molecule has 2 N–H and O–H groups in total. The van der Waals surface area contributed by atoms with Gasteiger partial charge in [0, 0.05) is 18.0 Å². The molecule has 18 heavy (non-hydrogen) atoms. The molecule has 0 aromatic carbocycles. The van der Waals surface area contributed by atoms with Crippen LogP contribution in [0.2, 0.25) is 0 Å². The fourth-order valence-corrected chi connectivity index (χ4v) is 2.35. The van der Waals surface area contributed by atoms with Gasteiger partial charge in [0.15, 0.2) is 0 Å². The van der Waals surface area contributed by atoms with Crippen LogP contribution in [0.3, 0.4) is 0 Å². The molecule has 4 nitrogen and oxygen atoms in total. The maximum atomic E-state index is 11.8. The minimum absolute atomic E-state index is 0.0465. The Morgan fingerprint density at radius 3 is 2.72 bits per heavy atom. The zero-order valence-corrected chi connectivity index (χ0v) is 12.2. The van der Waals surface area contributed by atoms with E-state index in [0.29, 0.717) is 19.1 Å². The standard InChI is InChI=1S/C14H28N2O2/c1-11(2)16(4)9-13(18)15-10-14(3)8-6-5-7-12(14)17/h11-12,17H,5-10H2,1-4H3,(H,15,18). The van der Waals surface area contributed by atoms with E-state index in [2.05, 4.69) is 26.1 Å². The van der Waals surface area contributed by atoms with Gasteiger partial charge in [0.2, 0.25) is 5.91 Å². The van der Waals surface area contributed by atoms with Gasteiger partial charge in [0.05, 0.1) is 12.6 Å². The predicted octanol–water partition coefficient (Wildman–Crippen LogP) is 1.38. The second-order valence-electron chi connectivity index (χ2n) is 6.20. The van der Waals surface area contributed by atoms with E-state index in [9.17, 15) is 9.90 Å². The summed E-state index contributed by atoms with van der Waals surface area (Å²) in [7, 11) is 1.95. The van der Waals surface area contributed by atoms with Crippen LogP contribution < -0.4 is 5.32 Å². The number of nitrogens with one attached hydrogen (secondary N) is 1. The summed E-state index contributed by atoms with van der Waals surface area (Å²) in [5.74, 6) is 0.0465. The van der Waals surface area contributed by atoms with Gasteiger partial charge in [-0.1, -0.05) is 19.8 Å². The fraction of sp³-hybridized carbons (Fsp3) is 0.929. The number of carbonyl (C=O) groups excluding carboxylic acids is 1. The lowest BCUT2D eigenvalue weighted by molar-refractivity contribution is -0.123. The highest BCUT2D eigenvalue weighted by atomic mass is 16.3. The Morgan fingerprint density at radius 2 is 2.17 bits per heavy atom. The lowest BCUT2D eigenvalue weighted by atomic mass is 9.73. The van der Waals surface area contributed by atoms with Crippen LogP contribution in [0.5, 0.6) is 0 Å². The number of carbonyl (C=O) groups is 1. The molecule has 106 valence electrons. The summed E-state index contributed by atoms with van der Waals surface area (Å²) < 4.78 is 0. The van der Waals surface area contributed by atoms with Crippen LogP contribution in [0, 0.1) is 5.41 Å². The van der Waals surface area contributed by atoms with Gasteiger partial charge in [-0.3, -0.25) is 9.69 Å². The van der Waals surface area contributed by atoms with Crippen LogP contribution in [0.4, 0.5) is 0 Å². The monoisotopic (exact) mass is 256 g/mol. The van der Waals surface area contributed by atoms with Crippen LogP contribution in [0.1, 0.15) is 46.5 Å². The van der Waals surface area contributed by atoms with Crippen LogP contribution in [-0.4, -0.2) is 48.2 Å². The molecule has 1 aliphatic carbocycles. The number of aliphatic hydroxyl groups is 1. The third-order valence-electron chi connectivity index (χ3n) is 4.24. The van der Waals surface area contributed by atoms with Gasteiger partial charge < -0.3 is 10.4 Å². The first-order valence-electron chi connectivity index (χ1n) is 7.00. The summed E-state index contributed by atoms with van der Waals surface area (Å²) >= 11 is 0. The van der Waals surface area contributed by atoms with E-state index in [0.717, 1.165) is 25.7 Å². The highest BCUT2D eigenvalue weighted by Crippen LogP contribution is 2.35. The first kappa shape index (κ1) is 15.4. The normalized spacial score (nSPS) is 28.7. The summed E-state index contributed by atoms with van der Waals surface area (Å²) in [5, 5.41) is 13.0. The number of nitrogens with zero attached hydrogens (tertiary/aromatic N) is 1. The maximum Gasteiger partial charge on any atom is 0.234 e. The summed E-state index contributed by atoms with van der Waals surface area (Å²) in [6.07, 6.45) is 3.82. The van der Waals surface area contributed by atoms with Gasteiger partial charge in [0.1, 0.15) is 0 Å². The number of hydrogen-bond acceptors (Lipinski definition) is 3. The molecule has 1 saturated carbocycles. The molecule has 1 amide bonds. The van der Waals surface area contributed by atoms with Gasteiger partial charge in [-0.15, -0.1) is 0 Å². The largest absolute Gasteiger partial charge is 0.392 e. The third kappa shape index (κ3) is 4.25. The Bertz CT molecular complexity index is 281. The summed E-state index contributed by atoms with van der Waals surface area (Å²) in [5.41, 5.74) is -0.148. The summed E-state index contributed by atoms with van der Waals surface area (Å²) in [6.45, 7) is 7.21. The molecule has 4 heteroatoms. The molecule has 1 rings (SSSR count). The van der Waals surface area contributed by atoms with Crippen LogP contribution in [0.25, 0.3) is 0 Å². The predicted molar refractivity (Wildman–Crippen MR) is 73.4 cm³/mol. The molecule has 1 fully saturated rings. The fourth-order valence-electron chi connectivity index (χ4n) is 2.35. The van der Waals surface area contributed by atoms with E-state index in [1.54, 1.807) is 0 Å². The highest BCUT2D eigenvalue weighted by molar-refractivity contribution is 5.78. The molecule has 1 aliphatic rings.